The number of aromatic nitrogens is 1. The molecule has 0 radical (unpaired) electrons. The number of nitrogens with zero attached hydrogens (tertiary/aromatic N) is 2. The molecule has 34 heavy (non-hydrogen) atoms. The van der Waals surface area contributed by atoms with Gasteiger partial charge in [0.25, 0.3) is 5.78 Å². The van der Waals surface area contributed by atoms with E-state index < -0.39 is 17.7 Å². The topological polar surface area (TPSA) is 70.5 Å². The van der Waals surface area contributed by atoms with E-state index in [9.17, 15) is 14.7 Å². The van der Waals surface area contributed by atoms with Gasteiger partial charge in [0, 0.05) is 5.56 Å². The van der Waals surface area contributed by atoms with Crippen LogP contribution in [0.1, 0.15) is 40.8 Å². The number of benzene rings is 3. The van der Waals surface area contributed by atoms with Crippen molar-refractivity contribution in [2.45, 2.75) is 33.2 Å². The first-order valence-electron chi connectivity index (χ1n) is 11.2. The maximum atomic E-state index is 13.4. The van der Waals surface area contributed by atoms with Gasteiger partial charge in [0.2, 0.25) is 0 Å². The molecule has 1 N–H and O–H groups in total. The Labute approximate surface area is 202 Å². The van der Waals surface area contributed by atoms with E-state index in [0.29, 0.717) is 10.7 Å². The smallest absolute Gasteiger partial charge is 0.301 e. The summed E-state index contributed by atoms with van der Waals surface area (Å²) in [5.74, 6) is -1.58. The van der Waals surface area contributed by atoms with E-state index >= 15 is 0 Å². The minimum Gasteiger partial charge on any atom is -0.507 e. The summed E-state index contributed by atoms with van der Waals surface area (Å²) in [6.07, 6.45) is 0.896. The number of carbonyl (C=O) groups excluding carboxylic acids is 2. The van der Waals surface area contributed by atoms with E-state index in [0.717, 1.165) is 33.3 Å². The number of rotatable bonds is 4. The van der Waals surface area contributed by atoms with E-state index in [1.807, 2.05) is 62.4 Å². The molecule has 1 saturated heterocycles. The number of hydrogen-bond donors (Lipinski definition) is 1. The summed E-state index contributed by atoms with van der Waals surface area (Å²) in [7, 11) is 0. The SMILES string of the molecule is CCc1ccc2nc(N3C(=O)C(=O)/C(=C(/O)c4ccc(C)cc4)C3c3ccc(C)cc3)sc2c1. The van der Waals surface area contributed by atoms with Crippen LogP contribution < -0.4 is 4.90 Å². The van der Waals surface area contributed by atoms with Crippen LogP contribution in [0, 0.1) is 13.8 Å². The van der Waals surface area contributed by atoms with Crippen LogP contribution in [-0.2, 0) is 16.0 Å². The largest absolute Gasteiger partial charge is 0.507 e. The van der Waals surface area contributed by atoms with Gasteiger partial charge in [-0.25, -0.2) is 4.98 Å². The predicted octanol–water partition coefficient (Wildman–Crippen LogP) is 6.10. The fourth-order valence-corrected chi connectivity index (χ4v) is 5.30. The molecule has 1 atom stereocenters. The number of carbonyl (C=O) groups is 2. The molecule has 1 aromatic heterocycles. The van der Waals surface area contributed by atoms with E-state index in [2.05, 4.69) is 13.0 Å². The standard InChI is InChI=1S/C28H24N2O3S/c1-4-18-9-14-21-22(15-18)34-28(29-21)30-24(19-10-5-16(2)6-11-19)23(26(32)27(30)33)25(31)20-12-7-17(3)8-13-20/h5-15,24,31H,4H2,1-3H3/b25-23+. The predicted molar refractivity (Wildman–Crippen MR) is 136 cm³/mol. The molecule has 0 bridgehead atoms. The lowest BCUT2D eigenvalue weighted by atomic mass is 9.94. The molecule has 0 aliphatic carbocycles. The van der Waals surface area contributed by atoms with Crippen molar-refractivity contribution < 1.29 is 14.7 Å². The van der Waals surface area contributed by atoms with Gasteiger partial charge in [-0.2, -0.15) is 0 Å². The molecule has 1 unspecified atom stereocenters. The first-order chi connectivity index (χ1) is 16.4. The summed E-state index contributed by atoms with van der Waals surface area (Å²) in [4.78, 5) is 32.8. The van der Waals surface area contributed by atoms with Gasteiger partial charge < -0.3 is 5.11 Å². The van der Waals surface area contributed by atoms with Crippen LogP contribution in [0.15, 0.2) is 72.3 Å². The Morgan fingerprint density at radius 3 is 2.26 bits per heavy atom. The van der Waals surface area contributed by atoms with Crippen molar-refractivity contribution in [1.82, 2.24) is 4.98 Å². The van der Waals surface area contributed by atoms with E-state index in [1.165, 1.54) is 21.8 Å². The lowest BCUT2D eigenvalue weighted by Crippen LogP contribution is -2.29. The number of thiazole rings is 1. The summed E-state index contributed by atoms with van der Waals surface area (Å²) in [5.41, 5.74) is 5.37. The molecule has 0 spiro atoms. The summed E-state index contributed by atoms with van der Waals surface area (Å²) in [5, 5.41) is 11.7. The third kappa shape index (κ3) is 3.70. The number of aryl methyl sites for hydroxylation is 3. The van der Waals surface area contributed by atoms with Crippen LogP contribution in [0.5, 0.6) is 0 Å². The Morgan fingerprint density at radius 1 is 0.971 bits per heavy atom. The van der Waals surface area contributed by atoms with Crippen molar-refractivity contribution in [3.63, 3.8) is 0 Å². The Morgan fingerprint density at radius 2 is 1.62 bits per heavy atom. The maximum absolute atomic E-state index is 13.4. The minimum atomic E-state index is -0.770. The Hall–Kier alpha value is -3.77. The third-order valence-corrected chi connectivity index (χ3v) is 7.24. The lowest BCUT2D eigenvalue weighted by Gasteiger charge is -2.23. The first-order valence-corrected chi connectivity index (χ1v) is 12.0. The van der Waals surface area contributed by atoms with Crippen LogP contribution >= 0.6 is 11.3 Å². The molecule has 1 amide bonds. The zero-order valence-corrected chi connectivity index (χ0v) is 20.0. The summed E-state index contributed by atoms with van der Waals surface area (Å²) < 4.78 is 0.956. The van der Waals surface area contributed by atoms with Crippen molar-refractivity contribution >= 4 is 44.1 Å². The summed E-state index contributed by atoms with van der Waals surface area (Å²) in [6.45, 7) is 6.02. The molecule has 5 nitrogen and oxygen atoms in total. The fourth-order valence-electron chi connectivity index (χ4n) is 4.24. The zero-order chi connectivity index (χ0) is 24.0. The van der Waals surface area contributed by atoms with Gasteiger partial charge in [0.05, 0.1) is 21.8 Å². The number of aliphatic hydroxyl groups excluding tert-OH is 1. The van der Waals surface area contributed by atoms with Gasteiger partial charge in [-0.15, -0.1) is 0 Å². The third-order valence-electron chi connectivity index (χ3n) is 6.22. The van der Waals surface area contributed by atoms with Crippen molar-refractivity contribution in [2.75, 3.05) is 4.90 Å². The summed E-state index contributed by atoms with van der Waals surface area (Å²) in [6, 6.07) is 20.2. The van der Waals surface area contributed by atoms with Crippen LogP contribution in [0.4, 0.5) is 5.13 Å². The number of aliphatic hydroxyl groups is 1. The highest BCUT2D eigenvalue weighted by Gasteiger charge is 2.48. The normalized spacial score (nSPS) is 17.6. The second-order valence-electron chi connectivity index (χ2n) is 8.60. The second-order valence-corrected chi connectivity index (χ2v) is 9.61. The lowest BCUT2D eigenvalue weighted by molar-refractivity contribution is -0.132. The van der Waals surface area contributed by atoms with Gasteiger partial charge in [-0.3, -0.25) is 14.5 Å². The van der Waals surface area contributed by atoms with Gasteiger partial charge >= 0.3 is 5.91 Å². The fraction of sp³-hybridized carbons (Fsp3) is 0.179. The average molecular weight is 469 g/mol. The van der Waals surface area contributed by atoms with Crippen molar-refractivity contribution in [3.05, 3.63) is 100 Å². The molecule has 1 aliphatic rings. The number of Topliss-reactive ketones (excluding diaryl/α,β-unsaturated/α-hetero) is 1. The van der Waals surface area contributed by atoms with Crippen LogP contribution in [0.2, 0.25) is 0 Å². The molecule has 1 aliphatic heterocycles. The van der Waals surface area contributed by atoms with Gasteiger partial charge in [-0.05, 0) is 43.5 Å². The van der Waals surface area contributed by atoms with Crippen molar-refractivity contribution in [1.29, 1.82) is 0 Å². The second kappa shape index (κ2) is 8.54. The number of hydrogen-bond acceptors (Lipinski definition) is 5. The first kappa shape index (κ1) is 22.0. The van der Waals surface area contributed by atoms with E-state index in [1.54, 1.807) is 12.1 Å². The molecule has 0 saturated carbocycles. The van der Waals surface area contributed by atoms with Gasteiger partial charge in [-0.1, -0.05) is 84.0 Å². The highest BCUT2D eigenvalue weighted by atomic mass is 32.1. The molecular weight excluding hydrogens is 444 g/mol. The highest BCUT2D eigenvalue weighted by Crippen LogP contribution is 2.44. The molecule has 3 aromatic carbocycles. The monoisotopic (exact) mass is 468 g/mol. The maximum Gasteiger partial charge on any atom is 0.301 e. The van der Waals surface area contributed by atoms with E-state index in [-0.39, 0.29) is 11.3 Å². The highest BCUT2D eigenvalue weighted by molar-refractivity contribution is 7.22. The minimum absolute atomic E-state index is 0.0752. The van der Waals surface area contributed by atoms with Crippen molar-refractivity contribution in [2.24, 2.45) is 0 Å². The molecule has 6 heteroatoms. The molecule has 2 heterocycles. The Balaban J connectivity index is 1.71. The van der Waals surface area contributed by atoms with Gasteiger partial charge in [0.1, 0.15) is 5.76 Å². The van der Waals surface area contributed by atoms with E-state index in [4.69, 9.17) is 4.98 Å². The van der Waals surface area contributed by atoms with Gasteiger partial charge in [0.15, 0.2) is 5.13 Å². The number of amides is 1. The molecule has 4 aromatic rings. The Kier molecular flexibility index (Phi) is 5.54. The molecule has 5 rings (SSSR count). The van der Waals surface area contributed by atoms with Crippen LogP contribution in [0.3, 0.4) is 0 Å². The van der Waals surface area contributed by atoms with Crippen LogP contribution in [-0.4, -0.2) is 21.8 Å². The molecular formula is C28H24N2O3S. The zero-order valence-electron chi connectivity index (χ0n) is 19.2. The Bertz CT molecular complexity index is 1450. The number of ketones is 1. The molecule has 1 fully saturated rings. The quantitative estimate of drug-likeness (QED) is 0.223. The van der Waals surface area contributed by atoms with Crippen molar-refractivity contribution in [3.8, 4) is 0 Å². The van der Waals surface area contributed by atoms with Crippen LogP contribution in [0.25, 0.3) is 16.0 Å². The number of fused-ring (bicyclic) bond motifs is 1. The summed E-state index contributed by atoms with van der Waals surface area (Å²) >= 11 is 1.38. The average Bonchev–Trinajstić information content (AvgIpc) is 3.37. The number of anilines is 1. The molecule has 170 valence electrons.